The Morgan fingerprint density at radius 2 is 1.97 bits per heavy atom. The van der Waals surface area contributed by atoms with E-state index in [1.54, 1.807) is 0 Å². The minimum absolute atomic E-state index is 0.0570. The molecule has 0 aliphatic heterocycles. The lowest BCUT2D eigenvalue weighted by Gasteiger charge is -2.14. The number of thioether (sulfide) groups is 1. The van der Waals surface area contributed by atoms with Gasteiger partial charge in [0.1, 0.15) is 0 Å². The number of fused-ring (bicyclic) bond motifs is 1. The standard InChI is InChI=1S/C22H22N4O2S/c1-3-15-8-10-16(11-9-15)14(2)24-20(27)13-29-22-26-25-21(28-22)18-12-23-19-7-5-4-6-17(18)19/h4-12,14,23H,3,13H2,1-2H3,(H,24,27)/t14-/m0/s1. The number of nitrogens with zero attached hydrogens (tertiary/aromatic N) is 2. The van der Waals surface area contributed by atoms with Crippen LogP contribution in [0.4, 0.5) is 0 Å². The van der Waals surface area contributed by atoms with Crippen LogP contribution in [0.5, 0.6) is 0 Å². The molecule has 0 aliphatic carbocycles. The van der Waals surface area contributed by atoms with E-state index in [1.165, 1.54) is 17.3 Å². The van der Waals surface area contributed by atoms with Crippen LogP contribution in [0.2, 0.25) is 0 Å². The summed E-state index contributed by atoms with van der Waals surface area (Å²) in [6.45, 7) is 4.10. The Morgan fingerprint density at radius 1 is 1.17 bits per heavy atom. The highest BCUT2D eigenvalue weighted by Crippen LogP contribution is 2.29. The number of hydrogen-bond acceptors (Lipinski definition) is 5. The molecule has 0 saturated carbocycles. The molecule has 0 bridgehead atoms. The smallest absolute Gasteiger partial charge is 0.277 e. The normalized spacial score (nSPS) is 12.2. The van der Waals surface area contributed by atoms with Crippen molar-refractivity contribution in [2.24, 2.45) is 0 Å². The van der Waals surface area contributed by atoms with Crippen molar-refractivity contribution in [3.8, 4) is 11.5 Å². The highest BCUT2D eigenvalue weighted by Gasteiger charge is 2.15. The molecule has 2 N–H and O–H groups in total. The summed E-state index contributed by atoms with van der Waals surface area (Å²) in [7, 11) is 0. The zero-order chi connectivity index (χ0) is 20.2. The Balaban J connectivity index is 1.35. The first-order chi connectivity index (χ1) is 14.1. The molecule has 148 valence electrons. The van der Waals surface area contributed by atoms with Gasteiger partial charge in [0.05, 0.1) is 17.4 Å². The minimum Gasteiger partial charge on any atom is -0.411 e. The van der Waals surface area contributed by atoms with Crippen LogP contribution >= 0.6 is 11.8 Å². The van der Waals surface area contributed by atoms with Crippen LogP contribution < -0.4 is 5.32 Å². The van der Waals surface area contributed by atoms with Crippen molar-refractivity contribution >= 4 is 28.6 Å². The number of para-hydroxylation sites is 1. The van der Waals surface area contributed by atoms with E-state index in [4.69, 9.17) is 4.42 Å². The molecule has 0 saturated heterocycles. The van der Waals surface area contributed by atoms with E-state index in [0.29, 0.717) is 11.1 Å². The summed E-state index contributed by atoms with van der Waals surface area (Å²) in [5, 5.41) is 12.6. The Bertz CT molecular complexity index is 1120. The molecular weight excluding hydrogens is 384 g/mol. The largest absolute Gasteiger partial charge is 0.411 e. The van der Waals surface area contributed by atoms with E-state index in [0.717, 1.165) is 28.5 Å². The quantitative estimate of drug-likeness (QED) is 0.433. The molecule has 7 heteroatoms. The fourth-order valence-corrected chi connectivity index (χ4v) is 3.74. The van der Waals surface area contributed by atoms with Gasteiger partial charge < -0.3 is 14.7 Å². The second kappa shape index (κ2) is 8.53. The number of aromatic nitrogens is 3. The molecule has 0 aliphatic rings. The Hall–Kier alpha value is -3.06. The van der Waals surface area contributed by atoms with Crippen molar-refractivity contribution in [1.82, 2.24) is 20.5 Å². The summed E-state index contributed by atoms with van der Waals surface area (Å²) in [6, 6.07) is 16.2. The molecule has 4 aromatic rings. The first kappa shape index (κ1) is 19.3. The number of aryl methyl sites for hydroxylation is 1. The summed E-state index contributed by atoms with van der Waals surface area (Å²) in [4.78, 5) is 15.5. The van der Waals surface area contributed by atoms with Crippen LogP contribution in [-0.2, 0) is 11.2 Å². The van der Waals surface area contributed by atoms with Gasteiger partial charge in [-0.2, -0.15) is 0 Å². The number of amides is 1. The predicted molar refractivity (Wildman–Crippen MR) is 115 cm³/mol. The first-order valence-electron chi connectivity index (χ1n) is 9.55. The summed E-state index contributed by atoms with van der Waals surface area (Å²) < 4.78 is 5.74. The number of aromatic amines is 1. The van der Waals surface area contributed by atoms with Gasteiger partial charge in [-0.3, -0.25) is 4.79 Å². The topological polar surface area (TPSA) is 83.8 Å². The van der Waals surface area contributed by atoms with Crippen LogP contribution in [0, 0.1) is 0 Å². The van der Waals surface area contributed by atoms with E-state index in [1.807, 2.05) is 37.4 Å². The predicted octanol–water partition coefficient (Wildman–Crippen LogP) is 4.75. The van der Waals surface area contributed by atoms with Crippen LogP contribution in [0.15, 0.2) is 64.4 Å². The molecule has 2 heterocycles. The lowest BCUT2D eigenvalue weighted by atomic mass is 10.1. The van der Waals surface area contributed by atoms with Crippen LogP contribution in [0.25, 0.3) is 22.4 Å². The fourth-order valence-electron chi connectivity index (χ4n) is 3.16. The molecule has 1 atom stereocenters. The summed E-state index contributed by atoms with van der Waals surface area (Å²) in [5.41, 5.74) is 4.23. The molecule has 0 spiro atoms. The maximum absolute atomic E-state index is 12.3. The summed E-state index contributed by atoms with van der Waals surface area (Å²) in [6.07, 6.45) is 2.85. The maximum Gasteiger partial charge on any atom is 0.277 e. The minimum atomic E-state index is -0.0751. The number of H-pyrrole nitrogens is 1. The Kier molecular flexibility index (Phi) is 5.67. The number of carbonyl (C=O) groups excluding carboxylic acids is 1. The highest BCUT2D eigenvalue weighted by molar-refractivity contribution is 7.99. The number of nitrogens with one attached hydrogen (secondary N) is 2. The molecule has 0 fully saturated rings. The van der Waals surface area contributed by atoms with Crippen molar-refractivity contribution in [1.29, 1.82) is 0 Å². The van der Waals surface area contributed by atoms with Gasteiger partial charge in [-0.15, -0.1) is 10.2 Å². The lowest BCUT2D eigenvalue weighted by Crippen LogP contribution is -2.28. The van der Waals surface area contributed by atoms with Crippen molar-refractivity contribution in [3.63, 3.8) is 0 Å². The molecule has 29 heavy (non-hydrogen) atoms. The summed E-state index contributed by atoms with van der Waals surface area (Å²) >= 11 is 1.23. The van der Waals surface area contributed by atoms with Crippen molar-refractivity contribution in [2.45, 2.75) is 31.5 Å². The van der Waals surface area contributed by atoms with E-state index < -0.39 is 0 Å². The number of hydrogen-bond donors (Lipinski definition) is 2. The van der Waals surface area contributed by atoms with E-state index in [2.05, 4.69) is 51.7 Å². The maximum atomic E-state index is 12.3. The van der Waals surface area contributed by atoms with Gasteiger partial charge in [0, 0.05) is 17.1 Å². The van der Waals surface area contributed by atoms with Gasteiger partial charge in [-0.25, -0.2) is 0 Å². The molecule has 6 nitrogen and oxygen atoms in total. The second-order valence-electron chi connectivity index (χ2n) is 6.79. The fraction of sp³-hybridized carbons (Fsp3) is 0.227. The SMILES string of the molecule is CCc1ccc([C@H](C)NC(=O)CSc2nnc(-c3c[nH]c4ccccc34)o2)cc1. The number of benzene rings is 2. The molecule has 2 aromatic carbocycles. The van der Waals surface area contributed by atoms with E-state index in [-0.39, 0.29) is 17.7 Å². The van der Waals surface area contributed by atoms with Gasteiger partial charge >= 0.3 is 0 Å². The molecule has 0 unspecified atom stereocenters. The van der Waals surface area contributed by atoms with E-state index in [9.17, 15) is 4.79 Å². The third-order valence-corrected chi connectivity index (χ3v) is 5.64. The molecule has 4 rings (SSSR count). The van der Waals surface area contributed by atoms with Gasteiger partial charge in [0.2, 0.25) is 5.91 Å². The van der Waals surface area contributed by atoms with Crippen molar-refractivity contribution < 1.29 is 9.21 Å². The van der Waals surface area contributed by atoms with Crippen LogP contribution in [0.1, 0.15) is 31.0 Å². The van der Waals surface area contributed by atoms with Crippen LogP contribution in [-0.4, -0.2) is 26.8 Å². The molecular formula is C22H22N4O2S. The summed E-state index contributed by atoms with van der Waals surface area (Å²) in [5.74, 6) is 0.580. The lowest BCUT2D eigenvalue weighted by molar-refractivity contribution is -0.119. The molecule has 1 amide bonds. The number of carbonyl (C=O) groups is 1. The Labute approximate surface area is 173 Å². The van der Waals surface area contributed by atoms with Gasteiger partial charge in [0.25, 0.3) is 11.1 Å². The zero-order valence-electron chi connectivity index (χ0n) is 16.3. The van der Waals surface area contributed by atoms with Crippen molar-refractivity contribution in [2.75, 3.05) is 5.75 Å². The average molecular weight is 407 g/mol. The molecule has 0 radical (unpaired) electrons. The molecule has 2 aromatic heterocycles. The number of rotatable bonds is 7. The highest BCUT2D eigenvalue weighted by atomic mass is 32.2. The Morgan fingerprint density at radius 3 is 2.76 bits per heavy atom. The van der Waals surface area contributed by atoms with Gasteiger partial charge in [0.15, 0.2) is 0 Å². The monoisotopic (exact) mass is 406 g/mol. The van der Waals surface area contributed by atoms with Gasteiger partial charge in [-0.05, 0) is 30.5 Å². The second-order valence-corrected chi connectivity index (χ2v) is 7.72. The average Bonchev–Trinajstić information content (AvgIpc) is 3.39. The van der Waals surface area contributed by atoms with Gasteiger partial charge in [-0.1, -0.05) is 61.2 Å². The third-order valence-electron chi connectivity index (χ3n) is 4.82. The zero-order valence-corrected chi connectivity index (χ0v) is 17.1. The van der Waals surface area contributed by atoms with Crippen molar-refractivity contribution in [3.05, 3.63) is 65.9 Å². The third kappa shape index (κ3) is 4.35. The van der Waals surface area contributed by atoms with E-state index >= 15 is 0 Å². The van der Waals surface area contributed by atoms with Crippen LogP contribution in [0.3, 0.4) is 0 Å². The first-order valence-corrected chi connectivity index (χ1v) is 10.5.